The van der Waals surface area contributed by atoms with Crippen molar-refractivity contribution in [1.82, 2.24) is 10.1 Å². The van der Waals surface area contributed by atoms with Crippen molar-refractivity contribution in [2.75, 3.05) is 0 Å². The van der Waals surface area contributed by atoms with Gasteiger partial charge in [0.2, 0.25) is 0 Å². The fourth-order valence-electron chi connectivity index (χ4n) is 1.18. The molecule has 0 fully saturated rings. The Balaban J connectivity index is 2.47. The van der Waals surface area contributed by atoms with Crippen LogP contribution in [0.25, 0.3) is 11.5 Å². The molecule has 84 valence electrons. The summed E-state index contributed by atoms with van der Waals surface area (Å²) in [4.78, 5) is 3.90. The number of benzene rings is 1. The zero-order valence-electron chi connectivity index (χ0n) is 8.32. The summed E-state index contributed by atoms with van der Waals surface area (Å²) in [5, 5.41) is 12.7. The predicted molar refractivity (Wildman–Crippen MR) is 55.3 cm³/mol. The number of rotatable bonds is 2. The molecule has 0 saturated carbocycles. The van der Waals surface area contributed by atoms with Crippen molar-refractivity contribution in [2.45, 2.75) is 13.0 Å². The number of hydrogen-bond acceptors (Lipinski definition) is 4. The quantitative estimate of drug-likeness (QED) is 0.879. The summed E-state index contributed by atoms with van der Waals surface area (Å²) in [6.45, 7) is 1.50. The topological polar surface area (TPSA) is 59.2 Å². The molecular weight excluding hydrogens is 235 g/mol. The standard InChI is InChI=1S/C10H8ClFN2O2/c1-5(15)9-13-10(16-14-9)6-3-2-4-7(12)8(6)11/h2-5,15H,1H3. The molecule has 4 nitrogen and oxygen atoms in total. The Hall–Kier alpha value is -1.46. The summed E-state index contributed by atoms with van der Waals surface area (Å²) in [5.74, 6) is -0.341. The third-order valence-electron chi connectivity index (χ3n) is 2.00. The summed E-state index contributed by atoms with van der Waals surface area (Å²) in [6.07, 6.45) is -0.843. The van der Waals surface area contributed by atoms with E-state index >= 15 is 0 Å². The number of hydrogen-bond donors (Lipinski definition) is 1. The van der Waals surface area contributed by atoms with E-state index in [-0.39, 0.29) is 16.7 Å². The average Bonchev–Trinajstić information content (AvgIpc) is 2.71. The second kappa shape index (κ2) is 4.19. The van der Waals surface area contributed by atoms with Gasteiger partial charge in [-0.05, 0) is 19.1 Å². The Bertz CT molecular complexity index is 513. The van der Waals surface area contributed by atoms with E-state index in [1.165, 1.54) is 19.1 Å². The van der Waals surface area contributed by atoms with Crippen molar-refractivity contribution in [2.24, 2.45) is 0 Å². The second-order valence-electron chi connectivity index (χ2n) is 3.24. The van der Waals surface area contributed by atoms with Crippen molar-refractivity contribution >= 4 is 11.6 Å². The summed E-state index contributed by atoms with van der Waals surface area (Å²) in [5.41, 5.74) is 0.307. The van der Waals surface area contributed by atoms with Crippen molar-refractivity contribution in [3.8, 4) is 11.5 Å². The first-order chi connectivity index (χ1) is 7.59. The molecule has 0 aliphatic heterocycles. The van der Waals surface area contributed by atoms with Crippen molar-refractivity contribution in [3.05, 3.63) is 34.9 Å². The van der Waals surface area contributed by atoms with E-state index in [1.807, 2.05) is 0 Å². The van der Waals surface area contributed by atoms with Gasteiger partial charge in [0, 0.05) is 0 Å². The van der Waals surface area contributed by atoms with E-state index in [0.29, 0.717) is 5.56 Å². The molecule has 0 aliphatic carbocycles. The molecule has 0 amide bonds. The van der Waals surface area contributed by atoms with E-state index < -0.39 is 11.9 Å². The second-order valence-corrected chi connectivity index (χ2v) is 3.61. The lowest BCUT2D eigenvalue weighted by Gasteiger charge is -1.98. The molecule has 16 heavy (non-hydrogen) atoms. The predicted octanol–water partition coefficient (Wildman–Crippen LogP) is 2.58. The molecule has 2 rings (SSSR count). The molecule has 1 N–H and O–H groups in total. The lowest BCUT2D eigenvalue weighted by Crippen LogP contribution is -1.93. The first kappa shape index (κ1) is 11.0. The highest BCUT2D eigenvalue weighted by atomic mass is 35.5. The first-order valence-electron chi connectivity index (χ1n) is 4.55. The third-order valence-corrected chi connectivity index (χ3v) is 2.38. The fraction of sp³-hybridized carbons (Fsp3) is 0.200. The fourth-order valence-corrected chi connectivity index (χ4v) is 1.39. The van der Waals surface area contributed by atoms with Gasteiger partial charge in [-0.15, -0.1) is 0 Å². The van der Waals surface area contributed by atoms with Gasteiger partial charge in [0.25, 0.3) is 5.89 Å². The summed E-state index contributed by atoms with van der Waals surface area (Å²) >= 11 is 5.75. The van der Waals surface area contributed by atoms with Gasteiger partial charge in [0.15, 0.2) is 5.82 Å². The van der Waals surface area contributed by atoms with Crippen LogP contribution in [0.2, 0.25) is 5.02 Å². The zero-order valence-corrected chi connectivity index (χ0v) is 9.07. The van der Waals surface area contributed by atoms with Crippen LogP contribution in [0.5, 0.6) is 0 Å². The van der Waals surface area contributed by atoms with Crippen molar-refractivity contribution in [1.29, 1.82) is 0 Å². The molecule has 1 heterocycles. The maximum absolute atomic E-state index is 13.2. The molecule has 1 aromatic heterocycles. The molecule has 0 radical (unpaired) electrons. The molecular formula is C10H8ClFN2O2. The smallest absolute Gasteiger partial charge is 0.259 e. The van der Waals surface area contributed by atoms with Crippen LogP contribution in [-0.2, 0) is 0 Å². The van der Waals surface area contributed by atoms with Gasteiger partial charge in [-0.25, -0.2) is 4.39 Å². The molecule has 0 bridgehead atoms. The molecule has 0 saturated heterocycles. The van der Waals surface area contributed by atoms with Crippen LogP contribution in [0.15, 0.2) is 22.7 Å². The van der Waals surface area contributed by atoms with Crippen LogP contribution >= 0.6 is 11.6 Å². The SMILES string of the molecule is CC(O)c1noc(-c2cccc(F)c2Cl)n1. The van der Waals surface area contributed by atoms with Gasteiger partial charge in [0.1, 0.15) is 11.9 Å². The highest BCUT2D eigenvalue weighted by molar-refractivity contribution is 6.33. The summed E-state index contributed by atoms with van der Waals surface area (Å²) in [6, 6.07) is 4.28. The van der Waals surface area contributed by atoms with Gasteiger partial charge >= 0.3 is 0 Å². The van der Waals surface area contributed by atoms with E-state index in [1.54, 1.807) is 6.07 Å². The number of aromatic nitrogens is 2. The minimum atomic E-state index is -0.843. The average molecular weight is 243 g/mol. The van der Waals surface area contributed by atoms with Crippen molar-refractivity contribution in [3.63, 3.8) is 0 Å². The molecule has 1 atom stereocenters. The lowest BCUT2D eigenvalue weighted by molar-refractivity contribution is 0.184. The van der Waals surface area contributed by atoms with Crippen LogP contribution in [0.4, 0.5) is 4.39 Å². The Kier molecular flexibility index (Phi) is 2.89. The number of nitrogens with zero attached hydrogens (tertiary/aromatic N) is 2. The van der Waals surface area contributed by atoms with E-state index in [9.17, 15) is 9.50 Å². The van der Waals surface area contributed by atoms with Gasteiger partial charge < -0.3 is 9.63 Å². The summed E-state index contributed by atoms with van der Waals surface area (Å²) < 4.78 is 18.0. The lowest BCUT2D eigenvalue weighted by atomic mass is 10.2. The Morgan fingerprint density at radius 1 is 1.50 bits per heavy atom. The number of aliphatic hydroxyl groups is 1. The first-order valence-corrected chi connectivity index (χ1v) is 4.93. The van der Waals surface area contributed by atoms with Crippen LogP contribution in [0, 0.1) is 5.82 Å². The maximum Gasteiger partial charge on any atom is 0.259 e. The monoisotopic (exact) mass is 242 g/mol. The minimum Gasteiger partial charge on any atom is -0.385 e. The van der Waals surface area contributed by atoms with Crippen LogP contribution < -0.4 is 0 Å². The summed E-state index contributed by atoms with van der Waals surface area (Å²) in [7, 11) is 0. The third kappa shape index (κ3) is 1.91. The maximum atomic E-state index is 13.2. The van der Waals surface area contributed by atoms with E-state index in [0.717, 1.165) is 0 Å². The minimum absolute atomic E-state index is 0.0803. The largest absolute Gasteiger partial charge is 0.385 e. The Labute approximate surface area is 95.7 Å². The molecule has 2 aromatic rings. The molecule has 1 unspecified atom stereocenters. The van der Waals surface area contributed by atoms with E-state index in [4.69, 9.17) is 16.1 Å². The molecule has 0 spiro atoms. The van der Waals surface area contributed by atoms with Gasteiger partial charge in [-0.1, -0.05) is 22.8 Å². The number of halogens is 2. The van der Waals surface area contributed by atoms with Gasteiger partial charge in [-0.3, -0.25) is 0 Å². The zero-order chi connectivity index (χ0) is 11.7. The van der Waals surface area contributed by atoms with Crippen LogP contribution in [-0.4, -0.2) is 15.2 Å². The van der Waals surface area contributed by atoms with E-state index in [2.05, 4.69) is 10.1 Å². The molecule has 0 aliphatic rings. The normalized spacial score (nSPS) is 12.8. The van der Waals surface area contributed by atoms with Crippen LogP contribution in [0.1, 0.15) is 18.9 Å². The Morgan fingerprint density at radius 3 is 2.88 bits per heavy atom. The Morgan fingerprint density at radius 2 is 2.25 bits per heavy atom. The highest BCUT2D eigenvalue weighted by Crippen LogP contribution is 2.29. The number of aliphatic hydroxyl groups excluding tert-OH is 1. The van der Waals surface area contributed by atoms with Crippen LogP contribution in [0.3, 0.4) is 0 Å². The van der Waals surface area contributed by atoms with Gasteiger partial charge in [-0.2, -0.15) is 4.98 Å². The highest BCUT2D eigenvalue weighted by Gasteiger charge is 2.16. The van der Waals surface area contributed by atoms with Gasteiger partial charge in [0.05, 0.1) is 10.6 Å². The molecule has 6 heteroatoms. The molecule has 1 aromatic carbocycles. The van der Waals surface area contributed by atoms with Crippen molar-refractivity contribution < 1.29 is 14.0 Å².